The molecule has 0 saturated heterocycles. The number of benzene rings is 2. The van der Waals surface area contributed by atoms with Gasteiger partial charge in [-0.2, -0.15) is 0 Å². The summed E-state index contributed by atoms with van der Waals surface area (Å²) in [5, 5.41) is 0. The Morgan fingerprint density at radius 1 is 1.13 bits per heavy atom. The Hall–Kier alpha value is -3.45. The molecular formula is C23H16BrNO5. The van der Waals surface area contributed by atoms with E-state index in [1.807, 2.05) is 12.1 Å². The van der Waals surface area contributed by atoms with Crippen molar-refractivity contribution in [3.8, 4) is 17.2 Å². The van der Waals surface area contributed by atoms with Crippen molar-refractivity contribution in [3.05, 3.63) is 87.3 Å². The van der Waals surface area contributed by atoms with Gasteiger partial charge in [0.15, 0.2) is 5.76 Å². The van der Waals surface area contributed by atoms with Crippen molar-refractivity contribution in [3.63, 3.8) is 0 Å². The van der Waals surface area contributed by atoms with Gasteiger partial charge in [-0.05, 0) is 55.0 Å². The number of ether oxygens (including phenoxy) is 3. The van der Waals surface area contributed by atoms with Gasteiger partial charge in [0.25, 0.3) is 0 Å². The number of hydrogen-bond acceptors (Lipinski definition) is 6. The summed E-state index contributed by atoms with van der Waals surface area (Å²) in [7, 11) is 1.56. The first-order chi connectivity index (χ1) is 14.5. The van der Waals surface area contributed by atoms with Crippen LogP contribution in [0.3, 0.4) is 0 Å². The second kappa shape index (κ2) is 8.12. The molecule has 1 aliphatic heterocycles. The quantitative estimate of drug-likeness (QED) is 0.306. The summed E-state index contributed by atoms with van der Waals surface area (Å²) >= 11 is 3.42. The van der Waals surface area contributed by atoms with Crippen molar-refractivity contribution < 1.29 is 23.8 Å². The maximum absolute atomic E-state index is 12.9. The van der Waals surface area contributed by atoms with Crippen LogP contribution in [0.4, 0.5) is 0 Å². The number of ketones is 1. The molecule has 0 fully saturated rings. The number of Topliss-reactive ketones (excluding diaryl/α,β-unsaturated/α-hetero) is 1. The lowest BCUT2D eigenvalue weighted by Gasteiger charge is -2.07. The summed E-state index contributed by atoms with van der Waals surface area (Å²) in [6.45, 7) is 1.77. The lowest BCUT2D eigenvalue weighted by atomic mass is 10.0. The number of carbonyl (C=O) groups is 2. The number of allylic oxidation sites excluding steroid dienone is 1. The highest BCUT2D eigenvalue weighted by Crippen LogP contribution is 2.38. The van der Waals surface area contributed by atoms with E-state index in [9.17, 15) is 9.59 Å². The molecule has 2 aromatic carbocycles. The van der Waals surface area contributed by atoms with Crippen molar-refractivity contribution in [2.75, 3.05) is 7.11 Å². The average molecular weight is 466 g/mol. The Bertz CT molecular complexity index is 1190. The van der Waals surface area contributed by atoms with Gasteiger partial charge < -0.3 is 14.2 Å². The fourth-order valence-electron chi connectivity index (χ4n) is 3.15. The van der Waals surface area contributed by atoms with Crippen LogP contribution in [0, 0.1) is 6.92 Å². The number of methoxy groups -OCH3 is 1. The van der Waals surface area contributed by atoms with E-state index in [1.54, 1.807) is 44.4 Å². The Balaban J connectivity index is 1.64. The molecule has 0 bridgehead atoms. The molecular weight excluding hydrogens is 450 g/mol. The van der Waals surface area contributed by atoms with Gasteiger partial charge in [0, 0.05) is 28.5 Å². The van der Waals surface area contributed by atoms with Gasteiger partial charge in [0.05, 0.1) is 18.2 Å². The van der Waals surface area contributed by atoms with Crippen molar-refractivity contribution in [2.45, 2.75) is 6.92 Å². The smallest absolute Gasteiger partial charge is 0.343 e. The number of aryl methyl sites for hydroxylation is 1. The molecule has 1 aliphatic rings. The fourth-order valence-corrected chi connectivity index (χ4v) is 3.53. The van der Waals surface area contributed by atoms with E-state index in [2.05, 4.69) is 20.9 Å². The number of hydrogen-bond donors (Lipinski definition) is 0. The van der Waals surface area contributed by atoms with Gasteiger partial charge in [-0.1, -0.05) is 15.9 Å². The van der Waals surface area contributed by atoms with E-state index in [0.717, 1.165) is 4.47 Å². The Labute approximate surface area is 181 Å². The largest absolute Gasteiger partial charge is 0.496 e. The predicted octanol–water partition coefficient (Wildman–Crippen LogP) is 5.00. The molecule has 0 N–H and O–H groups in total. The molecule has 6 nitrogen and oxygen atoms in total. The van der Waals surface area contributed by atoms with Gasteiger partial charge >= 0.3 is 5.97 Å². The molecule has 2 heterocycles. The fraction of sp³-hybridized carbons (Fsp3) is 0.0870. The number of pyridine rings is 1. The molecule has 3 aromatic rings. The second-order valence-corrected chi connectivity index (χ2v) is 7.48. The van der Waals surface area contributed by atoms with E-state index in [-0.39, 0.29) is 11.5 Å². The molecule has 7 heteroatoms. The van der Waals surface area contributed by atoms with Crippen molar-refractivity contribution in [1.29, 1.82) is 0 Å². The molecule has 0 spiro atoms. The maximum atomic E-state index is 12.9. The molecule has 0 saturated carbocycles. The molecule has 0 aliphatic carbocycles. The predicted molar refractivity (Wildman–Crippen MR) is 114 cm³/mol. The zero-order chi connectivity index (χ0) is 21.3. The van der Waals surface area contributed by atoms with Crippen LogP contribution in [0.15, 0.2) is 65.1 Å². The highest BCUT2D eigenvalue weighted by atomic mass is 79.9. The van der Waals surface area contributed by atoms with Gasteiger partial charge in [-0.3, -0.25) is 9.78 Å². The van der Waals surface area contributed by atoms with Crippen molar-refractivity contribution in [2.24, 2.45) is 0 Å². The lowest BCUT2D eigenvalue weighted by molar-refractivity contribution is 0.0734. The van der Waals surface area contributed by atoms with E-state index in [0.29, 0.717) is 39.5 Å². The van der Waals surface area contributed by atoms with E-state index in [1.165, 1.54) is 18.5 Å². The summed E-state index contributed by atoms with van der Waals surface area (Å²) < 4.78 is 17.5. The summed E-state index contributed by atoms with van der Waals surface area (Å²) in [6.07, 6.45) is 4.66. The Morgan fingerprint density at radius 2 is 1.90 bits per heavy atom. The average Bonchev–Trinajstić information content (AvgIpc) is 3.04. The highest BCUT2D eigenvalue weighted by Gasteiger charge is 2.30. The van der Waals surface area contributed by atoms with E-state index >= 15 is 0 Å². The molecule has 0 unspecified atom stereocenters. The van der Waals surface area contributed by atoms with E-state index in [4.69, 9.17) is 14.2 Å². The molecule has 0 amide bonds. The summed E-state index contributed by atoms with van der Waals surface area (Å²) in [4.78, 5) is 29.1. The Kier molecular flexibility index (Phi) is 5.37. The highest BCUT2D eigenvalue weighted by molar-refractivity contribution is 9.10. The number of aromatic nitrogens is 1. The van der Waals surface area contributed by atoms with Gasteiger partial charge in [-0.25, -0.2) is 4.79 Å². The van der Waals surface area contributed by atoms with E-state index < -0.39 is 5.97 Å². The van der Waals surface area contributed by atoms with Crippen molar-refractivity contribution >= 4 is 33.8 Å². The molecule has 0 atom stereocenters. The van der Waals surface area contributed by atoms with Gasteiger partial charge in [0.1, 0.15) is 17.2 Å². The number of halogens is 1. The van der Waals surface area contributed by atoms with Gasteiger partial charge in [0.2, 0.25) is 5.78 Å². The number of carbonyl (C=O) groups excluding carboxylic acids is 2. The number of fused-ring (bicyclic) bond motifs is 1. The first kappa shape index (κ1) is 19.8. The van der Waals surface area contributed by atoms with Crippen LogP contribution in [0.5, 0.6) is 17.2 Å². The zero-order valence-electron chi connectivity index (χ0n) is 16.1. The van der Waals surface area contributed by atoms with Crippen LogP contribution >= 0.6 is 15.9 Å². The zero-order valence-corrected chi connectivity index (χ0v) is 17.7. The van der Waals surface area contributed by atoms with Crippen LogP contribution in [-0.2, 0) is 0 Å². The normalized spacial score (nSPS) is 13.7. The number of rotatable bonds is 4. The number of nitrogens with zero attached hydrogens (tertiary/aromatic N) is 1. The summed E-state index contributed by atoms with van der Waals surface area (Å²) in [5.41, 5.74) is 2.17. The third-order valence-electron chi connectivity index (χ3n) is 4.55. The standard InChI is InChI=1S/C23H16BrNO5/c1-13-9-17(29-23(27)14-5-7-25-8-6-14)12-19-21(13)22(26)20(30-19)11-15-10-16(24)3-4-18(15)28-2/h3-12H,1-2H3/b20-11-. The first-order valence-corrected chi connectivity index (χ1v) is 9.80. The minimum atomic E-state index is -0.518. The van der Waals surface area contributed by atoms with Crippen LogP contribution in [-0.4, -0.2) is 23.8 Å². The summed E-state index contributed by atoms with van der Waals surface area (Å²) in [5.74, 6) is 0.663. The van der Waals surface area contributed by atoms with Gasteiger partial charge in [-0.15, -0.1) is 0 Å². The first-order valence-electron chi connectivity index (χ1n) is 9.01. The molecule has 150 valence electrons. The van der Waals surface area contributed by atoms with Crippen LogP contribution < -0.4 is 14.2 Å². The minimum absolute atomic E-state index is 0.169. The van der Waals surface area contributed by atoms with Crippen LogP contribution in [0.25, 0.3) is 6.08 Å². The second-order valence-electron chi connectivity index (χ2n) is 6.56. The maximum Gasteiger partial charge on any atom is 0.343 e. The van der Waals surface area contributed by atoms with Crippen LogP contribution in [0.1, 0.15) is 31.8 Å². The summed E-state index contributed by atoms with van der Waals surface area (Å²) in [6, 6.07) is 11.8. The topological polar surface area (TPSA) is 74.7 Å². The third kappa shape index (κ3) is 3.84. The molecule has 0 radical (unpaired) electrons. The molecule has 1 aromatic heterocycles. The number of esters is 1. The van der Waals surface area contributed by atoms with Crippen LogP contribution in [0.2, 0.25) is 0 Å². The Morgan fingerprint density at radius 3 is 2.63 bits per heavy atom. The minimum Gasteiger partial charge on any atom is -0.496 e. The molecule has 4 rings (SSSR count). The van der Waals surface area contributed by atoms with Crippen molar-refractivity contribution in [1.82, 2.24) is 4.98 Å². The SMILES string of the molecule is COc1ccc(Br)cc1/C=C1\Oc2cc(OC(=O)c3ccncc3)cc(C)c2C1=O. The third-order valence-corrected chi connectivity index (χ3v) is 5.04. The monoisotopic (exact) mass is 465 g/mol. The molecule has 30 heavy (non-hydrogen) atoms. The lowest BCUT2D eigenvalue weighted by Crippen LogP contribution is -2.08.